The van der Waals surface area contributed by atoms with Crippen LogP contribution in [0.25, 0.3) is 0 Å². The summed E-state index contributed by atoms with van der Waals surface area (Å²) in [7, 11) is 0. The van der Waals surface area contributed by atoms with Crippen LogP contribution in [0.15, 0.2) is 12.1 Å². The summed E-state index contributed by atoms with van der Waals surface area (Å²) in [5, 5.41) is 12.6. The van der Waals surface area contributed by atoms with E-state index in [1.54, 1.807) is 0 Å². The van der Waals surface area contributed by atoms with Crippen LogP contribution in [0.5, 0.6) is 0 Å². The van der Waals surface area contributed by atoms with Gasteiger partial charge in [0.15, 0.2) is 5.82 Å². The zero-order valence-corrected chi connectivity index (χ0v) is 10.6. The van der Waals surface area contributed by atoms with Gasteiger partial charge in [0.05, 0.1) is 16.6 Å². The molecule has 5 nitrogen and oxygen atoms in total. The van der Waals surface area contributed by atoms with Crippen LogP contribution in [0.4, 0.5) is 19.3 Å². The number of anilines is 1. The second-order valence-electron chi connectivity index (χ2n) is 3.82. The minimum absolute atomic E-state index is 0.137. The molecular formula is C11H11ClF2N2O3. The van der Waals surface area contributed by atoms with Crippen molar-refractivity contribution in [3.63, 3.8) is 0 Å². The Morgan fingerprint density at radius 1 is 1.42 bits per heavy atom. The standard InChI is InChI=1S/C11H11ClF2N2O3/c1-5(10(17)18)4-15-11(19)16-9-7(12)2-6(13)3-8(9)14/h2-3,5H,4H2,1H3,(H,17,18)(H2,15,16,19). The molecule has 0 saturated heterocycles. The molecule has 8 heteroatoms. The Morgan fingerprint density at radius 3 is 2.58 bits per heavy atom. The number of hydrogen-bond acceptors (Lipinski definition) is 2. The number of hydrogen-bond donors (Lipinski definition) is 3. The van der Waals surface area contributed by atoms with Gasteiger partial charge in [-0.05, 0) is 6.07 Å². The molecule has 0 spiro atoms. The van der Waals surface area contributed by atoms with E-state index in [1.807, 2.05) is 0 Å². The minimum atomic E-state index is -1.08. The number of carboxylic acids is 1. The molecule has 3 N–H and O–H groups in total. The average Bonchev–Trinajstić information content (AvgIpc) is 2.30. The van der Waals surface area contributed by atoms with E-state index in [0.717, 1.165) is 6.07 Å². The minimum Gasteiger partial charge on any atom is -0.481 e. The molecule has 0 radical (unpaired) electrons. The van der Waals surface area contributed by atoms with Gasteiger partial charge in [0.1, 0.15) is 5.82 Å². The molecular weight excluding hydrogens is 282 g/mol. The number of amides is 2. The largest absolute Gasteiger partial charge is 0.481 e. The fourth-order valence-corrected chi connectivity index (χ4v) is 1.39. The van der Waals surface area contributed by atoms with Crippen molar-refractivity contribution in [1.82, 2.24) is 5.32 Å². The molecule has 2 amide bonds. The highest BCUT2D eigenvalue weighted by molar-refractivity contribution is 6.33. The molecule has 0 aliphatic carbocycles. The summed E-state index contributed by atoms with van der Waals surface area (Å²) >= 11 is 5.58. The summed E-state index contributed by atoms with van der Waals surface area (Å²) in [6.07, 6.45) is 0. The molecule has 19 heavy (non-hydrogen) atoms. The lowest BCUT2D eigenvalue weighted by molar-refractivity contribution is -0.140. The molecule has 0 bridgehead atoms. The predicted octanol–water partition coefficient (Wildman–Crippen LogP) is 2.46. The number of benzene rings is 1. The summed E-state index contributed by atoms with van der Waals surface area (Å²) in [6, 6.07) is 0.585. The van der Waals surface area contributed by atoms with E-state index >= 15 is 0 Å². The van der Waals surface area contributed by atoms with Gasteiger partial charge in [0.25, 0.3) is 0 Å². The van der Waals surface area contributed by atoms with Crippen LogP contribution in [-0.2, 0) is 4.79 Å². The van der Waals surface area contributed by atoms with Gasteiger partial charge in [-0.3, -0.25) is 4.79 Å². The van der Waals surface area contributed by atoms with E-state index in [-0.39, 0.29) is 17.3 Å². The first-order valence-corrected chi connectivity index (χ1v) is 5.61. The molecule has 0 heterocycles. The number of rotatable bonds is 4. The van der Waals surface area contributed by atoms with Crippen LogP contribution in [0.3, 0.4) is 0 Å². The molecule has 1 rings (SSSR count). The van der Waals surface area contributed by atoms with Crippen molar-refractivity contribution in [3.05, 3.63) is 28.8 Å². The van der Waals surface area contributed by atoms with Crippen molar-refractivity contribution in [2.45, 2.75) is 6.92 Å². The van der Waals surface area contributed by atoms with Crippen molar-refractivity contribution in [3.8, 4) is 0 Å². The van der Waals surface area contributed by atoms with Crippen molar-refractivity contribution in [2.75, 3.05) is 11.9 Å². The predicted molar refractivity (Wildman–Crippen MR) is 65.2 cm³/mol. The van der Waals surface area contributed by atoms with Gasteiger partial charge < -0.3 is 15.7 Å². The molecule has 0 aliphatic rings. The van der Waals surface area contributed by atoms with E-state index in [9.17, 15) is 18.4 Å². The Labute approximate surface area is 112 Å². The summed E-state index contributed by atoms with van der Waals surface area (Å²) in [4.78, 5) is 21.9. The second kappa shape index (κ2) is 6.33. The maximum Gasteiger partial charge on any atom is 0.319 e. The molecule has 0 fully saturated rings. The fourth-order valence-electron chi connectivity index (χ4n) is 1.15. The number of halogens is 3. The lowest BCUT2D eigenvalue weighted by Gasteiger charge is -2.11. The average molecular weight is 293 g/mol. The second-order valence-corrected chi connectivity index (χ2v) is 4.23. The van der Waals surface area contributed by atoms with Crippen LogP contribution >= 0.6 is 11.6 Å². The van der Waals surface area contributed by atoms with Crippen LogP contribution in [0.1, 0.15) is 6.92 Å². The highest BCUT2D eigenvalue weighted by Gasteiger charge is 2.15. The summed E-state index contributed by atoms with van der Waals surface area (Å²) in [6.45, 7) is 1.26. The van der Waals surface area contributed by atoms with Gasteiger partial charge in [-0.1, -0.05) is 18.5 Å². The van der Waals surface area contributed by atoms with Gasteiger partial charge in [0, 0.05) is 12.6 Å². The number of aliphatic carboxylic acids is 1. The van der Waals surface area contributed by atoms with Gasteiger partial charge in [-0.2, -0.15) is 0 Å². The number of carbonyl (C=O) groups is 2. The van der Waals surface area contributed by atoms with Crippen LogP contribution < -0.4 is 10.6 Å². The van der Waals surface area contributed by atoms with E-state index in [4.69, 9.17) is 16.7 Å². The highest BCUT2D eigenvalue weighted by atomic mass is 35.5. The molecule has 104 valence electrons. The lowest BCUT2D eigenvalue weighted by Crippen LogP contribution is -2.34. The SMILES string of the molecule is CC(CNC(=O)Nc1c(F)cc(F)cc1Cl)C(=O)O. The Kier molecular flexibility index (Phi) is 5.05. The lowest BCUT2D eigenvalue weighted by atomic mass is 10.2. The van der Waals surface area contributed by atoms with Gasteiger partial charge >= 0.3 is 12.0 Å². The monoisotopic (exact) mass is 292 g/mol. The third kappa shape index (κ3) is 4.36. The Bertz CT molecular complexity index is 488. The van der Waals surface area contributed by atoms with Crippen LogP contribution in [-0.4, -0.2) is 23.7 Å². The van der Waals surface area contributed by atoms with E-state index < -0.39 is 29.6 Å². The first-order chi connectivity index (χ1) is 8.81. The van der Waals surface area contributed by atoms with Crippen molar-refractivity contribution in [1.29, 1.82) is 0 Å². The number of nitrogens with one attached hydrogen (secondary N) is 2. The summed E-state index contributed by atoms with van der Waals surface area (Å²) < 4.78 is 26.1. The van der Waals surface area contributed by atoms with Gasteiger partial charge in [-0.15, -0.1) is 0 Å². The Balaban J connectivity index is 2.65. The Hall–Kier alpha value is -1.89. The Morgan fingerprint density at radius 2 is 2.05 bits per heavy atom. The zero-order chi connectivity index (χ0) is 14.6. The fraction of sp³-hybridized carbons (Fsp3) is 0.273. The van der Waals surface area contributed by atoms with Crippen LogP contribution in [0, 0.1) is 17.6 Å². The van der Waals surface area contributed by atoms with Crippen molar-refractivity contribution in [2.24, 2.45) is 5.92 Å². The molecule has 1 aromatic carbocycles. The van der Waals surface area contributed by atoms with Gasteiger partial charge in [-0.25, -0.2) is 13.6 Å². The highest BCUT2D eigenvalue weighted by Crippen LogP contribution is 2.26. The number of carboxylic acid groups (broad SMARTS) is 1. The van der Waals surface area contributed by atoms with E-state index in [0.29, 0.717) is 6.07 Å². The first-order valence-electron chi connectivity index (χ1n) is 5.23. The topological polar surface area (TPSA) is 78.4 Å². The first kappa shape index (κ1) is 15.2. The number of carbonyl (C=O) groups excluding carboxylic acids is 1. The number of urea groups is 1. The zero-order valence-electron chi connectivity index (χ0n) is 9.84. The molecule has 1 aromatic rings. The van der Waals surface area contributed by atoms with Crippen molar-refractivity contribution >= 4 is 29.3 Å². The molecule has 1 unspecified atom stereocenters. The van der Waals surface area contributed by atoms with E-state index in [2.05, 4.69) is 10.6 Å². The maximum atomic E-state index is 13.3. The maximum absolute atomic E-state index is 13.3. The molecule has 1 atom stereocenters. The quantitative estimate of drug-likeness (QED) is 0.797. The third-order valence-electron chi connectivity index (χ3n) is 2.24. The molecule has 0 saturated carbocycles. The smallest absolute Gasteiger partial charge is 0.319 e. The summed E-state index contributed by atoms with van der Waals surface area (Å²) in [5.74, 6) is -3.76. The third-order valence-corrected chi connectivity index (χ3v) is 2.53. The molecule has 0 aliphatic heterocycles. The van der Waals surface area contributed by atoms with Crippen LogP contribution in [0.2, 0.25) is 5.02 Å². The van der Waals surface area contributed by atoms with E-state index in [1.165, 1.54) is 6.92 Å². The van der Waals surface area contributed by atoms with Gasteiger partial charge in [0.2, 0.25) is 0 Å². The van der Waals surface area contributed by atoms with Crippen molar-refractivity contribution < 1.29 is 23.5 Å². The molecule has 0 aromatic heterocycles. The summed E-state index contributed by atoms with van der Waals surface area (Å²) in [5.41, 5.74) is -0.372. The normalized spacial score (nSPS) is 11.8.